The van der Waals surface area contributed by atoms with Gasteiger partial charge >= 0.3 is 5.97 Å². The minimum Gasteiger partial charge on any atom is -0.481 e. The van der Waals surface area contributed by atoms with Gasteiger partial charge in [0.2, 0.25) is 0 Å². The Labute approximate surface area is 90.9 Å². The van der Waals surface area contributed by atoms with Gasteiger partial charge in [0.1, 0.15) is 0 Å². The number of hydrogen-bond acceptors (Lipinski definition) is 1. The van der Waals surface area contributed by atoms with Crippen molar-refractivity contribution in [3.8, 4) is 0 Å². The summed E-state index contributed by atoms with van der Waals surface area (Å²) in [5, 5.41) is 9.02. The van der Waals surface area contributed by atoms with Gasteiger partial charge in [0.05, 0.1) is 5.92 Å². The molecule has 0 fully saturated rings. The minimum atomic E-state index is -0.752. The Morgan fingerprint density at radius 1 is 1.33 bits per heavy atom. The molecule has 0 spiro atoms. The fourth-order valence-electron chi connectivity index (χ4n) is 1.96. The smallest absolute Gasteiger partial charge is 0.310 e. The first-order valence-corrected chi connectivity index (χ1v) is 5.45. The molecule has 0 heterocycles. The molecule has 1 aromatic carbocycles. The molecule has 1 aromatic rings. The van der Waals surface area contributed by atoms with Gasteiger partial charge in [0, 0.05) is 0 Å². The van der Waals surface area contributed by atoms with Crippen molar-refractivity contribution in [1.82, 2.24) is 0 Å². The molecule has 1 rings (SSSR count). The molecule has 1 unspecified atom stereocenters. The molecular formula is C13H18O2. The molecule has 0 aliphatic rings. The van der Waals surface area contributed by atoms with Crippen LogP contribution in [0.2, 0.25) is 0 Å². The highest BCUT2D eigenvalue weighted by Gasteiger charge is 2.17. The lowest BCUT2D eigenvalue weighted by Gasteiger charge is -2.15. The maximum atomic E-state index is 11.0. The number of carboxylic acid groups (broad SMARTS) is 1. The van der Waals surface area contributed by atoms with Crippen molar-refractivity contribution in [2.24, 2.45) is 0 Å². The maximum absolute atomic E-state index is 11.0. The molecule has 0 aromatic heterocycles. The van der Waals surface area contributed by atoms with Gasteiger partial charge in [-0.25, -0.2) is 0 Å². The number of carbonyl (C=O) groups is 1. The van der Waals surface area contributed by atoms with E-state index in [1.165, 1.54) is 11.1 Å². The first-order valence-electron chi connectivity index (χ1n) is 5.45. The number of hydrogen-bond donors (Lipinski definition) is 1. The molecule has 1 N–H and O–H groups in total. The van der Waals surface area contributed by atoms with Crippen molar-refractivity contribution < 1.29 is 9.90 Å². The number of rotatable bonds is 4. The molecule has 0 aliphatic heterocycles. The van der Waals surface area contributed by atoms with E-state index in [-0.39, 0.29) is 0 Å². The Morgan fingerprint density at radius 2 is 2.00 bits per heavy atom. The van der Waals surface area contributed by atoms with Crippen molar-refractivity contribution in [3.63, 3.8) is 0 Å². The van der Waals surface area contributed by atoms with Gasteiger partial charge < -0.3 is 5.11 Å². The highest BCUT2D eigenvalue weighted by molar-refractivity contribution is 5.76. The van der Waals surface area contributed by atoms with Crippen LogP contribution in [0.15, 0.2) is 18.2 Å². The molecule has 15 heavy (non-hydrogen) atoms. The summed E-state index contributed by atoms with van der Waals surface area (Å²) in [5.74, 6) is -1.16. The average Bonchev–Trinajstić information content (AvgIpc) is 2.26. The molecule has 0 radical (unpaired) electrons. The van der Waals surface area contributed by atoms with E-state index in [2.05, 4.69) is 19.9 Å². The molecule has 0 saturated carbocycles. The summed E-state index contributed by atoms with van der Waals surface area (Å²) in [7, 11) is 0. The SMILES string of the molecule is CCc1cccc(C(C)C(=O)O)c1CC. The average molecular weight is 206 g/mol. The zero-order valence-electron chi connectivity index (χ0n) is 9.58. The van der Waals surface area contributed by atoms with E-state index in [4.69, 9.17) is 5.11 Å². The molecule has 0 saturated heterocycles. The zero-order valence-corrected chi connectivity index (χ0v) is 9.58. The van der Waals surface area contributed by atoms with Gasteiger partial charge in [-0.2, -0.15) is 0 Å². The van der Waals surface area contributed by atoms with E-state index in [0.29, 0.717) is 0 Å². The Balaban J connectivity index is 3.22. The maximum Gasteiger partial charge on any atom is 0.310 e. The van der Waals surface area contributed by atoms with E-state index in [1.807, 2.05) is 12.1 Å². The number of aryl methyl sites for hydroxylation is 1. The first kappa shape index (κ1) is 11.8. The minimum absolute atomic E-state index is 0.411. The third kappa shape index (κ3) is 2.38. The molecule has 0 aliphatic carbocycles. The lowest BCUT2D eigenvalue weighted by molar-refractivity contribution is -0.138. The van der Waals surface area contributed by atoms with Crippen LogP contribution in [-0.4, -0.2) is 11.1 Å². The summed E-state index contributed by atoms with van der Waals surface area (Å²) in [6, 6.07) is 5.96. The number of carboxylic acids is 1. The molecular weight excluding hydrogens is 188 g/mol. The van der Waals surface area contributed by atoms with Crippen molar-refractivity contribution in [2.75, 3.05) is 0 Å². The summed E-state index contributed by atoms with van der Waals surface area (Å²) >= 11 is 0. The summed E-state index contributed by atoms with van der Waals surface area (Å²) in [5.41, 5.74) is 3.43. The molecule has 1 atom stereocenters. The Morgan fingerprint density at radius 3 is 2.47 bits per heavy atom. The topological polar surface area (TPSA) is 37.3 Å². The van der Waals surface area contributed by atoms with Crippen LogP contribution in [0.25, 0.3) is 0 Å². The van der Waals surface area contributed by atoms with Crippen molar-refractivity contribution in [1.29, 1.82) is 0 Å². The van der Waals surface area contributed by atoms with Crippen LogP contribution >= 0.6 is 0 Å². The van der Waals surface area contributed by atoms with Crippen molar-refractivity contribution in [3.05, 3.63) is 34.9 Å². The van der Waals surface area contributed by atoms with Gasteiger partial charge in [0.25, 0.3) is 0 Å². The highest BCUT2D eigenvalue weighted by atomic mass is 16.4. The van der Waals surface area contributed by atoms with Crippen LogP contribution < -0.4 is 0 Å². The fraction of sp³-hybridized carbons (Fsp3) is 0.462. The lowest BCUT2D eigenvalue weighted by Crippen LogP contribution is -2.11. The number of aliphatic carboxylic acids is 1. The summed E-state index contributed by atoms with van der Waals surface area (Å²) in [4.78, 5) is 11.0. The number of benzene rings is 1. The lowest BCUT2D eigenvalue weighted by atomic mass is 9.90. The normalized spacial score (nSPS) is 12.5. The Bertz CT molecular complexity index is 356. The van der Waals surface area contributed by atoms with Crippen molar-refractivity contribution in [2.45, 2.75) is 39.5 Å². The molecule has 0 amide bonds. The molecule has 0 bridgehead atoms. The van der Waals surface area contributed by atoms with Gasteiger partial charge in [0.15, 0.2) is 0 Å². The van der Waals surface area contributed by atoms with E-state index in [9.17, 15) is 4.79 Å². The van der Waals surface area contributed by atoms with Crippen LogP contribution in [0.1, 0.15) is 43.4 Å². The second-order valence-electron chi connectivity index (χ2n) is 3.75. The highest BCUT2D eigenvalue weighted by Crippen LogP contribution is 2.24. The van der Waals surface area contributed by atoms with Crippen LogP contribution in [0.3, 0.4) is 0 Å². The monoisotopic (exact) mass is 206 g/mol. The van der Waals surface area contributed by atoms with E-state index in [1.54, 1.807) is 6.92 Å². The second-order valence-corrected chi connectivity index (χ2v) is 3.75. The predicted octanol–water partition coefficient (Wildman–Crippen LogP) is 3.00. The largest absolute Gasteiger partial charge is 0.481 e. The van der Waals surface area contributed by atoms with Crippen molar-refractivity contribution >= 4 is 5.97 Å². The molecule has 2 nitrogen and oxygen atoms in total. The van der Waals surface area contributed by atoms with E-state index in [0.717, 1.165) is 18.4 Å². The predicted molar refractivity (Wildman–Crippen MR) is 61.2 cm³/mol. The standard InChI is InChI=1S/C13H18O2/c1-4-10-7-6-8-12(11(10)5-2)9(3)13(14)15/h6-9H,4-5H2,1-3H3,(H,14,15). The molecule has 2 heteroatoms. The third-order valence-electron chi connectivity index (χ3n) is 2.88. The van der Waals surface area contributed by atoms with Gasteiger partial charge in [-0.15, -0.1) is 0 Å². The zero-order chi connectivity index (χ0) is 11.4. The van der Waals surface area contributed by atoms with E-state index >= 15 is 0 Å². The fourth-order valence-corrected chi connectivity index (χ4v) is 1.96. The Kier molecular flexibility index (Phi) is 3.89. The van der Waals surface area contributed by atoms with Gasteiger partial charge in [-0.05, 0) is 36.5 Å². The third-order valence-corrected chi connectivity index (χ3v) is 2.88. The second kappa shape index (κ2) is 4.96. The van der Waals surface area contributed by atoms with Crippen LogP contribution in [0.4, 0.5) is 0 Å². The van der Waals surface area contributed by atoms with Gasteiger partial charge in [-0.1, -0.05) is 32.0 Å². The van der Waals surface area contributed by atoms with Gasteiger partial charge in [-0.3, -0.25) is 4.79 Å². The first-order chi connectivity index (χ1) is 7.11. The molecule has 82 valence electrons. The summed E-state index contributed by atoms with van der Waals surface area (Å²) < 4.78 is 0. The van der Waals surface area contributed by atoms with E-state index < -0.39 is 11.9 Å². The van der Waals surface area contributed by atoms with Crippen LogP contribution in [-0.2, 0) is 17.6 Å². The van der Waals surface area contributed by atoms with Crippen LogP contribution in [0.5, 0.6) is 0 Å². The van der Waals surface area contributed by atoms with Crippen LogP contribution in [0, 0.1) is 0 Å². The summed E-state index contributed by atoms with van der Waals surface area (Å²) in [6.07, 6.45) is 1.86. The summed E-state index contributed by atoms with van der Waals surface area (Å²) in [6.45, 7) is 5.92. The Hall–Kier alpha value is -1.31. The quantitative estimate of drug-likeness (QED) is 0.822.